The highest BCUT2D eigenvalue weighted by Crippen LogP contribution is 2.32. The van der Waals surface area contributed by atoms with Crippen molar-refractivity contribution in [2.24, 2.45) is 0 Å². The smallest absolute Gasteiger partial charge is 0.174 e. The van der Waals surface area contributed by atoms with Crippen LogP contribution in [-0.2, 0) is 13.0 Å². The van der Waals surface area contributed by atoms with Gasteiger partial charge in [0.2, 0.25) is 0 Å². The van der Waals surface area contributed by atoms with Crippen molar-refractivity contribution in [2.75, 3.05) is 0 Å². The first-order valence-electron chi connectivity index (χ1n) is 8.65. The number of rotatable bonds is 3. The molecule has 3 aromatic rings. The molecule has 0 N–H and O–H groups in total. The van der Waals surface area contributed by atoms with E-state index in [4.69, 9.17) is 0 Å². The molecule has 0 aliphatic carbocycles. The first kappa shape index (κ1) is 16.7. The molecule has 1 aliphatic rings. The van der Waals surface area contributed by atoms with E-state index in [1.54, 1.807) is 12.1 Å². The van der Waals surface area contributed by atoms with Crippen molar-refractivity contribution in [3.05, 3.63) is 58.7 Å². The monoisotopic (exact) mass is 364 g/mol. The SMILES string of the molecule is N#C/C(=C\c1ccc(-c2ccccc2F)s1)c1nnc2n1CCCCC2. The zero-order chi connectivity index (χ0) is 17.9. The Labute approximate surface area is 155 Å². The molecule has 6 heteroatoms. The summed E-state index contributed by atoms with van der Waals surface area (Å²) in [5.41, 5.74) is 1.07. The third-order valence-electron chi connectivity index (χ3n) is 4.52. The van der Waals surface area contributed by atoms with Crippen LogP contribution in [-0.4, -0.2) is 14.8 Å². The lowest BCUT2D eigenvalue weighted by molar-refractivity contribution is 0.627. The first-order chi connectivity index (χ1) is 12.8. The lowest BCUT2D eigenvalue weighted by Crippen LogP contribution is -2.05. The Bertz CT molecular complexity index is 1010. The van der Waals surface area contributed by atoms with Gasteiger partial charge in [-0.05, 0) is 37.1 Å². The van der Waals surface area contributed by atoms with E-state index < -0.39 is 0 Å². The number of aromatic nitrogens is 3. The zero-order valence-electron chi connectivity index (χ0n) is 14.2. The summed E-state index contributed by atoms with van der Waals surface area (Å²) in [7, 11) is 0. The molecule has 130 valence electrons. The van der Waals surface area contributed by atoms with Crippen LogP contribution in [0.25, 0.3) is 22.1 Å². The van der Waals surface area contributed by atoms with E-state index >= 15 is 0 Å². The molecular formula is C20H17FN4S. The van der Waals surface area contributed by atoms with E-state index in [0.717, 1.165) is 41.4 Å². The molecule has 0 atom stereocenters. The van der Waals surface area contributed by atoms with Gasteiger partial charge in [-0.3, -0.25) is 0 Å². The highest BCUT2D eigenvalue weighted by molar-refractivity contribution is 7.16. The minimum atomic E-state index is -0.242. The molecule has 0 fully saturated rings. The van der Waals surface area contributed by atoms with E-state index in [2.05, 4.69) is 20.8 Å². The Morgan fingerprint density at radius 3 is 2.88 bits per heavy atom. The van der Waals surface area contributed by atoms with Crippen LogP contribution in [0.15, 0.2) is 36.4 Å². The van der Waals surface area contributed by atoms with E-state index in [9.17, 15) is 9.65 Å². The third kappa shape index (κ3) is 3.18. The summed E-state index contributed by atoms with van der Waals surface area (Å²) in [6.45, 7) is 0.849. The van der Waals surface area contributed by atoms with E-state index in [1.807, 2.05) is 24.3 Å². The molecule has 0 spiro atoms. The van der Waals surface area contributed by atoms with Crippen LogP contribution in [0.3, 0.4) is 0 Å². The van der Waals surface area contributed by atoms with Gasteiger partial charge in [-0.1, -0.05) is 24.6 Å². The molecule has 0 bridgehead atoms. The van der Waals surface area contributed by atoms with Crippen LogP contribution >= 0.6 is 11.3 Å². The molecule has 0 saturated carbocycles. The van der Waals surface area contributed by atoms with Gasteiger partial charge in [-0.15, -0.1) is 21.5 Å². The number of thiophene rings is 1. The average molecular weight is 364 g/mol. The van der Waals surface area contributed by atoms with Crippen LogP contribution in [0, 0.1) is 17.1 Å². The molecule has 1 aliphatic heterocycles. The van der Waals surface area contributed by atoms with E-state index in [1.165, 1.54) is 23.8 Å². The van der Waals surface area contributed by atoms with Crippen LogP contribution in [0.2, 0.25) is 0 Å². The van der Waals surface area contributed by atoms with Gasteiger partial charge >= 0.3 is 0 Å². The fourth-order valence-electron chi connectivity index (χ4n) is 3.21. The maximum Gasteiger partial charge on any atom is 0.174 e. The summed E-state index contributed by atoms with van der Waals surface area (Å²) in [5.74, 6) is 1.34. The normalized spacial score (nSPS) is 14.5. The second-order valence-corrected chi connectivity index (χ2v) is 7.37. The predicted octanol–water partition coefficient (Wildman–Crippen LogP) is 4.94. The van der Waals surface area contributed by atoms with Crippen LogP contribution in [0.1, 0.15) is 35.8 Å². The van der Waals surface area contributed by atoms with Crippen molar-refractivity contribution < 1.29 is 4.39 Å². The number of hydrogen-bond acceptors (Lipinski definition) is 4. The molecule has 3 heterocycles. The molecular weight excluding hydrogens is 347 g/mol. The summed E-state index contributed by atoms with van der Waals surface area (Å²) in [6, 6.07) is 12.8. The highest BCUT2D eigenvalue weighted by Gasteiger charge is 2.18. The number of aryl methyl sites for hydroxylation is 1. The fraction of sp³-hybridized carbons (Fsp3) is 0.250. The lowest BCUT2D eigenvalue weighted by atomic mass is 10.2. The van der Waals surface area contributed by atoms with Gasteiger partial charge in [0.15, 0.2) is 5.82 Å². The summed E-state index contributed by atoms with van der Waals surface area (Å²) >= 11 is 1.46. The molecule has 0 radical (unpaired) electrons. The van der Waals surface area contributed by atoms with Gasteiger partial charge in [-0.2, -0.15) is 5.26 Å². The Balaban J connectivity index is 1.69. The number of allylic oxidation sites excluding steroid dienone is 1. The van der Waals surface area contributed by atoms with Crippen molar-refractivity contribution in [1.82, 2.24) is 14.8 Å². The number of hydrogen-bond donors (Lipinski definition) is 0. The molecule has 1 aromatic carbocycles. The fourth-order valence-corrected chi connectivity index (χ4v) is 4.19. The van der Waals surface area contributed by atoms with Gasteiger partial charge in [0, 0.05) is 28.3 Å². The molecule has 4 nitrogen and oxygen atoms in total. The topological polar surface area (TPSA) is 54.5 Å². The third-order valence-corrected chi connectivity index (χ3v) is 5.59. The standard InChI is InChI=1S/C20H17FN4S/c21-17-7-4-3-6-16(17)18-10-9-15(26-18)12-14(13-22)20-24-23-19-8-2-1-5-11-25(19)20/h3-4,6-7,9-10,12H,1-2,5,8,11H2/b14-12+. The lowest BCUT2D eigenvalue weighted by Gasteiger charge is -2.05. The van der Waals surface area contributed by atoms with Gasteiger partial charge in [0.1, 0.15) is 17.7 Å². The molecule has 0 saturated heterocycles. The maximum absolute atomic E-state index is 14.0. The zero-order valence-corrected chi connectivity index (χ0v) is 15.0. The molecule has 4 rings (SSSR count). The van der Waals surface area contributed by atoms with Crippen LogP contribution < -0.4 is 0 Å². The predicted molar refractivity (Wildman–Crippen MR) is 101 cm³/mol. The van der Waals surface area contributed by atoms with Gasteiger partial charge < -0.3 is 4.57 Å². The van der Waals surface area contributed by atoms with Crippen molar-refractivity contribution in [2.45, 2.75) is 32.2 Å². The molecule has 2 aromatic heterocycles. The largest absolute Gasteiger partial charge is 0.310 e. The number of fused-ring (bicyclic) bond motifs is 1. The second-order valence-electron chi connectivity index (χ2n) is 6.25. The van der Waals surface area contributed by atoms with Gasteiger partial charge in [0.05, 0.1) is 5.57 Å². The second kappa shape index (κ2) is 7.22. The highest BCUT2D eigenvalue weighted by atomic mass is 32.1. The van der Waals surface area contributed by atoms with E-state index in [0.29, 0.717) is 17.0 Å². The van der Waals surface area contributed by atoms with Crippen LogP contribution in [0.5, 0.6) is 0 Å². The summed E-state index contributed by atoms with van der Waals surface area (Å²) in [4.78, 5) is 1.73. The number of nitrogens with zero attached hydrogens (tertiary/aromatic N) is 4. The minimum absolute atomic E-state index is 0.242. The maximum atomic E-state index is 14.0. The summed E-state index contributed by atoms with van der Waals surface area (Å²) in [5, 5.41) is 18.2. The van der Waals surface area contributed by atoms with Crippen LogP contribution in [0.4, 0.5) is 4.39 Å². The average Bonchev–Trinajstić information content (AvgIpc) is 3.21. The Kier molecular flexibility index (Phi) is 4.63. The van der Waals surface area contributed by atoms with Gasteiger partial charge in [0.25, 0.3) is 0 Å². The molecule has 0 amide bonds. The number of halogens is 1. The molecule has 26 heavy (non-hydrogen) atoms. The first-order valence-corrected chi connectivity index (χ1v) is 9.47. The Morgan fingerprint density at radius 2 is 2.04 bits per heavy atom. The molecule has 0 unspecified atom stereocenters. The van der Waals surface area contributed by atoms with Crippen molar-refractivity contribution in [1.29, 1.82) is 5.26 Å². The van der Waals surface area contributed by atoms with Crippen molar-refractivity contribution in [3.8, 4) is 16.5 Å². The summed E-state index contributed by atoms with van der Waals surface area (Å²) in [6.07, 6.45) is 6.08. The van der Waals surface area contributed by atoms with Gasteiger partial charge in [-0.25, -0.2) is 4.39 Å². The minimum Gasteiger partial charge on any atom is -0.310 e. The van der Waals surface area contributed by atoms with E-state index in [-0.39, 0.29) is 5.82 Å². The number of benzene rings is 1. The summed E-state index contributed by atoms with van der Waals surface area (Å²) < 4.78 is 16.0. The Morgan fingerprint density at radius 1 is 1.15 bits per heavy atom. The van der Waals surface area contributed by atoms with Crippen molar-refractivity contribution >= 4 is 23.0 Å². The quantitative estimate of drug-likeness (QED) is 0.619. The number of nitriles is 1. The Hall–Kier alpha value is -2.78. The van der Waals surface area contributed by atoms with Crippen molar-refractivity contribution in [3.63, 3.8) is 0 Å².